The van der Waals surface area contributed by atoms with Crippen LogP contribution in [0, 0.1) is 0 Å². The fourth-order valence-electron chi connectivity index (χ4n) is 6.16. The number of fused-ring (bicyclic) bond motifs is 1. The van der Waals surface area contributed by atoms with Crippen molar-refractivity contribution >= 4 is 15.9 Å². The number of alkyl halides is 2. The second kappa shape index (κ2) is 9.90. The topological polar surface area (TPSA) is 66.9 Å². The van der Waals surface area contributed by atoms with Crippen molar-refractivity contribution in [3.05, 3.63) is 59.2 Å². The first kappa shape index (κ1) is 25.7. The Morgan fingerprint density at radius 2 is 1.76 bits per heavy atom. The minimum Gasteiger partial charge on any atom is -0.493 e. The Hall–Kier alpha value is -2.52. The maximum atomic E-state index is 14.1. The molecule has 0 spiro atoms. The minimum atomic E-state index is -3.87. The molecule has 2 aromatic carbocycles. The van der Waals surface area contributed by atoms with E-state index >= 15 is 0 Å². The Bertz CT molecular complexity index is 1300. The monoisotopic (exact) mass is 544 g/mol. The summed E-state index contributed by atoms with van der Waals surface area (Å²) in [7, 11) is -3.87. The average Bonchev–Trinajstić information content (AvgIpc) is 3.43. The van der Waals surface area contributed by atoms with Crippen molar-refractivity contribution in [2.45, 2.75) is 93.2 Å². The molecule has 1 amide bonds. The van der Waals surface area contributed by atoms with Crippen molar-refractivity contribution in [2.75, 3.05) is 13.2 Å². The van der Waals surface area contributed by atoms with Crippen LogP contribution in [0.4, 0.5) is 8.78 Å². The highest BCUT2D eigenvalue weighted by Gasteiger charge is 2.44. The standard InChI is InChI=1S/C29H34F2N2O4S/c30-29(31)14-11-24(12-15-29)32(19-20-3-4-23-13-17-37-27(23)18-20)28(34)26-2-1-16-33(26)38(35,36)25-9-7-22(8-10-25)21-5-6-21/h3-4,7-10,18,21,24,26H,1-2,5-6,11-17,19H2/t26-/m0/s1. The van der Waals surface area contributed by atoms with Gasteiger partial charge in [0.05, 0.1) is 11.5 Å². The number of ether oxygens (including phenoxy) is 1. The summed E-state index contributed by atoms with van der Waals surface area (Å²) >= 11 is 0. The summed E-state index contributed by atoms with van der Waals surface area (Å²) in [5.74, 6) is -1.70. The third-order valence-electron chi connectivity index (χ3n) is 8.55. The lowest BCUT2D eigenvalue weighted by Gasteiger charge is -2.39. The highest BCUT2D eigenvalue weighted by Crippen LogP contribution is 2.41. The zero-order valence-corrected chi connectivity index (χ0v) is 22.3. The molecule has 1 atom stereocenters. The number of hydrogen-bond donors (Lipinski definition) is 0. The molecule has 204 valence electrons. The van der Waals surface area contributed by atoms with Crippen molar-refractivity contribution in [2.24, 2.45) is 0 Å². The Kier molecular flexibility index (Phi) is 6.71. The molecule has 0 radical (unpaired) electrons. The Labute approximate surface area is 223 Å². The van der Waals surface area contributed by atoms with Crippen LogP contribution in [-0.2, 0) is 27.8 Å². The molecule has 2 aromatic rings. The largest absolute Gasteiger partial charge is 0.493 e. The molecular weight excluding hydrogens is 510 g/mol. The van der Waals surface area contributed by atoms with E-state index in [-0.39, 0.29) is 55.6 Å². The van der Waals surface area contributed by atoms with Gasteiger partial charge in [0.2, 0.25) is 21.9 Å². The van der Waals surface area contributed by atoms with E-state index in [1.54, 1.807) is 17.0 Å². The first-order valence-electron chi connectivity index (χ1n) is 13.8. The van der Waals surface area contributed by atoms with Gasteiger partial charge >= 0.3 is 0 Å². The molecule has 9 heteroatoms. The Morgan fingerprint density at radius 1 is 1.03 bits per heavy atom. The van der Waals surface area contributed by atoms with Crippen LogP contribution in [0.5, 0.6) is 5.75 Å². The van der Waals surface area contributed by atoms with Gasteiger partial charge in [-0.05, 0) is 79.3 Å². The first-order chi connectivity index (χ1) is 18.2. The van der Waals surface area contributed by atoms with E-state index in [1.165, 1.54) is 4.31 Å². The molecule has 6 nitrogen and oxygen atoms in total. The van der Waals surface area contributed by atoms with Gasteiger partial charge in [-0.25, -0.2) is 17.2 Å². The van der Waals surface area contributed by atoms with E-state index in [9.17, 15) is 22.0 Å². The van der Waals surface area contributed by atoms with Crippen LogP contribution < -0.4 is 4.74 Å². The molecule has 1 saturated heterocycles. The van der Waals surface area contributed by atoms with E-state index in [0.717, 1.165) is 41.7 Å². The number of amides is 1. The van der Waals surface area contributed by atoms with Gasteiger partial charge < -0.3 is 9.64 Å². The number of benzene rings is 2. The Morgan fingerprint density at radius 3 is 2.47 bits per heavy atom. The van der Waals surface area contributed by atoms with Crippen molar-refractivity contribution in [1.29, 1.82) is 0 Å². The van der Waals surface area contributed by atoms with E-state index in [0.29, 0.717) is 25.4 Å². The van der Waals surface area contributed by atoms with Crippen LogP contribution >= 0.6 is 0 Å². The third kappa shape index (κ3) is 5.07. The number of hydrogen-bond acceptors (Lipinski definition) is 4. The van der Waals surface area contributed by atoms with Crippen LogP contribution in [0.1, 0.15) is 74.0 Å². The van der Waals surface area contributed by atoms with Crippen LogP contribution in [0.15, 0.2) is 47.4 Å². The summed E-state index contributed by atoms with van der Waals surface area (Å²) < 4.78 is 62.3. The van der Waals surface area contributed by atoms with Crippen molar-refractivity contribution in [3.63, 3.8) is 0 Å². The maximum absolute atomic E-state index is 14.1. The molecule has 0 bridgehead atoms. The molecule has 0 N–H and O–H groups in total. The third-order valence-corrected chi connectivity index (χ3v) is 10.5. The first-order valence-corrected chi connectivity index (χ1v) is 15.2. The molecule has 38 heavy (non-hydrogen) atoms. The van der Waals surface area contributed by atoms with E-state index < -0.39 is 22.0 Å². The summed E-state index contributed by atoms with van der Waals surface area (Å²) in [4.78, 5) is 15.9. The predicted molar refractivity (Wildman–Crippen MR) is 139 cm³/mol. The maximum Gasteiger partial charge on any atom is 0.248 e. The smallest absolute Gasteiger partial charge is 0.248 e. The summed E-state index contributed by atoms with van der Waals surface area (Å²) in [6.45, 7) is 1.13. The summed E-state index contributed by atoms with van der Waals surface area (Å²) in [6, 6.07) is 11.7. The van der Waals surface area contributed by atoms with Crippen LogP contribution in [0.2, 0.25) is 0 Å². The highest BCUT2D eigenvalue weighted by atomic mass is 32.2. The van der Waals surface area contributed by atoms with Gasteiger partial charge in [-0.15, -0.1) is 0 Å². The van der Waals surface area contributed by atoms with Crippen LogP contribution in [-0.4, -0.2) is 54.7 Å². The summed E-state index contributed by atoms with van der Waals surface area (Å²) in [6.07, 6.45) is 3.96. The average molecular weight is 545 g/mol. The van der Waals surface area contributed by atoms with Gasteiger partial charge in [-0.1, -0.05) is 24.3 Å². The molecule has 2 aliphatic heterocycles. The number of carbonyl (C=O) groups is 1. The fourth-order valence-corrected chi connectivity index (χ4v) is 7.81. The second-order valence-corrected chi connectivity index (χ2v) is 13.1. The lowest BCUT2D eigenvalue weighted by atomic mass is 9.90. The van der Waals surface area contributed by atoms with Crippen LogP contribution in [0.25, 0.3) is 0 Å². The normalized spacial score (nSPS) is 23.7. The van der Waals surface area contributed by atoms with Gasteiger partial charge in [-0.2, -0.15) is 4.31 Å². The highest BCUT2D eigenvalue weighted by molar-refractivity contribution is 7.89. The van der Waals surface area contributed by atoms with Gasteiger partial charge in [-0.3, -0.25) is 4.79 Å². The van der Waals surface area contributed by atoms with Crippen LogP contribution in [0.3, 0.4) is 0 Å². The zero-order chi connectivity index (χ0) is 26.5. The lowest BCUT2D eigenvalue weighted by Crippen LogP contribution is -2.52. The molecule has 6 rings (SSSR count). The summed E-state index contributed by atoms with van der Waals surface area (Å²) in [5, 5.41) is 0. The van der Waals surface area contributed by atoms with Crippen molar-refractivity contribution < 1.29 is 26.7 Å². The van der Waals surface area contributed by atoms with E-state index in [2.05, 4.69) is 0 Å². The molecule has 3 fully saturated rings. The molecule has 4 aliphatic rings. The van der Waals surface area contributed by atoms with Crippen molar-refractivity contribution in [3.8, 4) is 5.75 Å². The minimum absolute atomic E-state index is 0.196. The predicted octanol–water partition coefficient (Wildman–Crippen LogP) is 5.26. The molecule has 2 heterocycles. The molecular formula is C29H34F2N2O4S. The number of nitrogens with zero attached hydrogens (tertiary/aromatic N) is 2. The van der Waals surface area contributed by atoms with Gasteiger partial charge in [0.15, 0.2) is 0 Å². The van der Waals surface area contributed by atoms with Gasteiger partial charge in [0, 0.05) is 38.4 Å². The quantitative estimate of drug-likeness (QED) is 0.477. The van der Waals surface area contributed by atoms with Gasteiger partial charge in [0.25, 0.3) is 0 Å². The molecule has 2 aliphatic carbocycles. The number of halogens is 2. The molecule has 0 aromatic heterocycles. The number of sulfonamides is 1. The number of carbonyl (C=O) groups excluding carboxylic acids is 1. The number of rotatable bonds is 7. The molecule has 0 unspecified atom stereocenters. The fraction of sp³-hybridized carbons (Fsp3) is 0.552. The summed E-state index contributed by atoms with van der Waals surface area (Å²) in [5.41, 5.74) is 3.13. The van der Waals surface area contributed by atoms with E-state index in [1.807, 2.05) is 30.3 Å². The SMILES string of the molecule is O=C([C@@H]1CCCN1S(=O)(=O)c1ccc(C2CC2)cc1)N(Cc1ccc2c(c1)OCC2)C1CCC(F)(F)CC1. The zero-order valence-electron chi connectivity index (χ0n) is 21.5. The lowest BCUT2D eigenvalue weighted by molar-refractivity contribution is -0.141. The van der Waals surface area contributed by atoms with Crippen molar-refractivity contribution in [1.82, 2.24) is 9.21 Å². The second-order valence-electron chi connectivity index (χ2n) is 11.2. The van der Waals surface area contributed by atoms with Gasteiger partial charge in [0.1, 0.15) is 11.8 Å². The molecule has 2 saturated carbocycles. The van der Waals surface area contributed by atoms with E-state index in [4.69, 9.17) is 4.74 Å². The Balaban J connectivity index is 1.26.